The van der Waals surface area contributed by atoms with E-state index in [0.29, 0.717) is 43.9 Å². The Balaban J connectivity index is 1.18. The summed E-state index contributed by atoms with van der Waals surface area (Å²) >= 11 is 0. The van der Waals surface area contributed by atoms with Crippen LogP contribution < -0.4 is 24.8 Å². The Labute approximate surface area is 216 Å². The zero-order valence-electron chi connectivity index (χ0n) is 20.9. The number of amides is 1. The second kappa shape index (κ2) is 11.4. The highest BCUT2D eigenvalue weighted by Gasteiger charge is 2.22. The second-order valence-electron chi connectivity index (χ2n) is 9.25. The number of ether oxygens (including phenoxy) is 3. The lowest BCUT2D eigenvalue weighted by Crippen LogP contribution is -2.39. The van der Waals surface area contributed by atoms with Gasteiger partial charge in [0.05, 0.1) is 12.8 Å². The van der Waals surface area contributed by atoms with E-state index in [0.717, 1.165) is 54.3 Å². The van der Waals surface area contributed by atoms with Crippen LogP contribution in [0.3, 0.4) is 0 Å². The minimum absolute atomic E-state index is 0.492. The molecule has 1 amide bonds. The Morgan fingerprint density at radius 2 is 1.86 bits per heavy atom. The maximum absolute atomic E-state index is 11.0. The van der Waals surface area contributed by atoms with E-state index in [9.17, 15) is 4.79 Å². The number of nitrogens with zero attached hydrogens (tertiary/aromatic N) is 2. The largest absolute Gasteiger partial charge is 0.486 e. The van der Waals surface area contributed by atoms with E-state index in [4.69, 9.17) is 24.3 Å². The van der Waals surface area contributed by atoms with Crippen LogP contribution in [0.15, 0.2) is 54.6 Å². The summed E-state index contributed by atoms with van der Waals surface area (Å²) in [6.07, 6.45) is 0.998. The molecule has 194 valence electrons. The van der Waals surface area contributed by atoms with Crippen molar-refractivity contribution in [2.24, 2.45) is 5.92 Å². The minimum atomic E-state index is -0.816. The molecule has 3 N–H and O–H groups in total. The van der Waals surface area contributed by atoms with E-state index in [1.807, 2.05) is 42.5 Å². The van der Waals surface area contributed by atoms with Gasteiger partial charge in [0.1, 0.15) is 18.9 Å². The Morgan fingerprint density at radius 3 is 2.62 bits per heavy atom. The molecule has 2 aliphatic rings. The number of fused-ring (bicyclic) bond motifs is 1. The third kappa shape index (κ3) is 5.89. The fourth-order valence-corrected chi connectivity index (χ4v) is 4.73. The summed E-state index contributed by atoms with van der Waals surface area (Å²) in [7, 11) is 1.61. The molecule has 1 saturated heterocycles. The Bertz CT molecular complexity index is 1230. The van der Waals surface area contributed by atoms with Crippen LogP contribution in [0.25, 0.3) is 11.3 Å². The van der Waals surface area contributed by atoms with E-state index in [1.165, 1.54) is 10.5 Å². The molecule has 9 heteroatoms. The number of aromatic nitrogens is 1. The zero-order chi connectivity index (χ0) is 25.6. The quantitative estimate of drug-likeness (QED) is 0.404. The van der Waals surface area contributed by atoms with Crippen molar-refractivity contribution in [3.05, 3.63) is 60.2 Å². The Morgan fingerprint density at radius 1 is 1.08 bits per heavy atom. The van der Waals surface area contributed by atoms with Gasteiger partial charge >= 0.3 is 6.09 Å². The lowest BCUT2D eigenvalue weighted by atomic mass is 9.97. The van der Waals surface area contributed by atoms with E-state index in [-0.39, 0.29) is 0 Å². The van der Waals surface area contributed by atoms with Gasteiger partial charge in [-0.25, -0.2) is 9.78 Å². The molecule has 0 spiro atoms. The molecule has 0 atom stereocenters. The summed E-state index contributed by atoms with van der Waals surface area (Å²) < 4.78 is 17.1. The van der Waals surface area contributed by atoms with Crippen molar-refractivity contribution in [3.63, 3.8) is 0 Å². The van der Waals surface area contributed by atoms with E-state index in [1.54, 1.807) is 7.11 Å². The average molecular weight is 505 g/mol. The van der Waals surface area contributed by atoms with Crippen molar-refractivity contribution in [2.75, 3.05) is 45.3 Å². The Kier molecular flexibility index (Phi) is 7.60. The van der Waals surface area contributed by atoms with E-state index >= 15 is 0 Å². The molecular formula is C28H32N4O5. The highest BCUT2D eigenvalue weighted by Crippen LogP contribution is 2.40. The molecule has 3 heterocycles. The summed E-state index contributed by atoms with van der Waals surface area (Å²) in [4.78, 5) is 17.3. The summed E-state index contributed by atoms with van der Waals surface area (Å²) in [5, 5.41) is 16.0. The van der Waals surface area contributed by atoms with Gasteiger partial charge in [-0.3, -0.25) is 0 Å². The van der Waals surface area contributed by atoms with Gasteiger partial charge in [-0.15, -0.1) is 0 Å². The maximum Gasteiger partial charge on any atom is 0.407 e. The van der Waals surface area contributed by atoms with Gasteiger partial charge in [0.2, 0.25) is 5.88 Å². The van der Waals surface area contributed by atoms with Crippen LogP contribution in [0.1, 0.15) is 18.4 Å². The van der Waals surface area contributed by atoms with Crippen molar-refractivity contribution in [3.8, 4) is 28.6 Å². The monoisotopic (exact) mass is 504 g/mol. The van der Waals surface area contributed by atoms with Crippen molar-refractivity contribution in [1.82, 2.24) is 15.2 Å². The predicted octanol–water partition coefficient (Wildman–Crippen LogP) is 4.75. The van der Waals surface area contributed by atoms with Crippen LogP contribution >= 0.6 is 0 Å². The van der Waals surface area contributed by atoms with E-state index < -0.39 is 6.09 Å². The number of carboxylic acid groups (broad SMARTS) is 1. The first-order valence-electron chi connectivity index (χ1n) is 12.6. The molecule has 0 unspecified atom stereocenters. The van der Waals surface area contributed by atoms with Gasteiger partial charge in [0.25, 0.3) is 0 Å². The van der Waals surface area contributed by atoms with Gasteiger partial charge in [-0.05, 0) is 67.3 Å². The molecule has 3 aromatic rings. The number of para-hydroxylation sites is 1. The second-order valence-corrected chi connectivity index (χ2v) is 9.25. The molecule has 1 fully saturated rings. The SMILES string of the molecule is COc1nc(-c2cccc3c2OCCO3)ccc1Nc1ccc(CNCC2CCN(C(=O)O)CC2)cc1. The smallest absolute Gasteiger partial charge is 0.407 e. The van der Waals surface area contributed by atoms with Crippen LogP contribution in [-0.4, -0.2) is 61.0 Å². The predicted molar refractivity (Wildman–Crippen MR) is 141 cm³/mol. The molecule has 0 bridgehead atoms. The fraction of sp³-hybridized carbons (Fsp3) is 0.357. The zero-order valence-corrected chi connectivity index (χ0v) is 20.9. The van der Waals surface area contributed by atoms with Gasteiger partial charge in [-0.2, -0.15) is 0 Å². The number of hydrogen-bond acceptors (Lipinski definition) is 7. The number of rotatable bonds is 8. The van der Waals surface area contributed by atoms with E-state index in [2.05, 4.69) is 22.8 Å². The lowest BCUT2D eigenvalue weighted by molar-refractivity contribution is 0.124. The normalized spacial score (nSPS) is 15.3. The van der Waals surface area contributed by atoms with Crippen LogP contribution in [0.2, 0.25) is 0 Å². The number of carbonyl (C=O) groups is 1. The maximum atomic E-state index is 11.0. The topological polar surface area (TPSA) is 105 Å². The van der Waals surface area contributed by atoms with Gasteiger partial charge < -0.3 is 34.9 Å². The summed E-state index contributed by atoms with van der Waals surface area (Å²) in [6.45, 7) is 3.96. The number of piperidine rings is 1. The van der Waals surface area contributed by atoms with Crippen LogP contribution in [0.4, 0.5) is 16.2 Å². The number of likely N-dealkylation sites (tertiary alicyclic amines) is 1. The molecule has 0 radical (unpaired) electrons. The minimum Gasteiger partial charge on any atom is -0.486 e. The number of benzene rings is 2. The molecule has 2 aromatic carbocycles. The summed E-state index contributed by atoms with van der Waals surface area (Å²) in [6, 6.07) is 17.9. The van der Waals surface area contributed by atoms with Crippen molar-refractivity contribution < 1.29 is 24.1 Å². The molecule has 0 saturated carbocycles. The first-order chi connectivity index (χ1) is 18.1. The number of pyridine rings is 1. The first kappa shape index (κ1) is 24.7. The summed E-state index contributed by atoms with van der Waals surface area (Å²) in [5.74, 6) is 2.44. The molecular weight excluding hydrogens is 472 g/mol. The van der Waals surface area contributed by atoms with Gasteiger partial charge in [-0.1, -0.05) is 18.2 Å². The molecule has 5 rings (SSSR count). The number of nitrogens with one attached hydrogen (secondary N) is 2. The standard InChI is InChI=1S/C28H32N4O5/c1-35-27-24(10-9-23(31-27)22-3-2-4-25-26(22)37-16-15-36-25)30-21-7-5-19(6-8-21)17-29-18-20-11-13-32(14-12-20)28(33)34/h2-10,20,29-30H,11-18H2,1H3,(H,33,34). The lowest BCUT2D eigenvalue weighted by Gasteiger charge is -2.30. The molecule has 0 aliphatic carbocycles. The average Bonchev–Trinajstić information content (AvgIpc) is 2.94. The molecule has 37 heavy (non-hydrogen) atoms. The number of methoxy groups -OCH3 is 1. The molecule has 1 aromatic heterocycles. The molecule has 9 nitrogen and oxygen atoms in total. The van der Waals surface area contributed by atoms with Crippen LogP contribution in [-0.2, 0) is 6.54 Å². The molecule has 2 aliphatic heterocycles. The third-order valence-corrected chi connectivity index (χ3v) is 6.78. The van der Waals surface area contributed by atoms with Crippen LogP contribution in [0, 0.1) is 5.92 Å². The van der Waals surface area contributed by atoms with Crippen molar-refractivity contribution in [2.45, 2.75) is 19.4 Å². The van der Waals surface area contributed by atoms with Crippen molar-refractivity contribution >= 4 is 17.5 Å². The van der Waals surface area contributed by atoms with Crippen molar-refractivity contribution in [1.29, 1.82) is 0 Å². The fourth-order valence-electron chi connectivity index (χ4n) is 4.73. The summed E-state index contributed by atoms with van der Waals surface area (Å²) in [5.41, 5.74) is 4.51. The highest BCUT2D eigenvalue weighted by atomic mass is 16.6. The Hall–Kier alpha value is -3.98. The first-order valence-corrected chi connectivity index (χ1v) is 12.6. The van der Waals surface area contributed by atoms with Gasteiger partial charge in [0, 0.05) is 30.9 Å². The highest BCUT2D eigenvalue weighted by molar-refractivity contribution is 5.74. The third-order valence-electron chi connectivity index (χ3n) is 6.78. The number of anilines is 2. The van der Waals surface area contributed by atoms with Gasteiger partial charge in [0.15, 0.2) is 11.5 Å². The number of hydrogen-bond donors (Lipinski definition) is 3. The van der Waals surface area contributed by atoms with Crippen LogP contribution in [0.5, 0.6) is 17.4 Å².